The Hall–Kier alpha value is -0.890. The molecule has 0 bridgehead atoms. The van der Waals surface area contributed by atoms with Crippen LogP contribution in [0.4, 0.5) is 0 Å². The van der Waals surface area contributed by atoms with Gasteiger partial charge in [-0.3, -0.25) is 4.98 Å². The minimum Gasteiger partial charge on any atom is -0.393 e. The Morgan fingerprint density at radius 1 is 1.36 bits per heavy atom. The molecular formula is C12H19NO. The Morgan fingerprint density at radius 2 is 2.14 bits per heavy atom. The minimum atomic E-state index is -0.183. The molecule has 1 heterocycles. The normalized spacial score (nSPS) is 13.1. The first-order valence-corrected chi connectivity index (χ1v) is 5.26. The fraction of sp³-hybridized carbons (Fsp3) is 0.583. The molecule has 1 rings (SSSR count). The lowest BCUT2D eigenvalue weighted by atomic mass is 10.0. The number of aliphatic hydroxyl groups is 1. The van der Waals surface area contributed by atoms with Crippen LogP contribution in [-0.4, -0.2) is 16.2 Å². The largest absolute Gasteiger partial charge is 0.393 e. The quantitative estimate of drug-likeness (QED) is 0.779. The number of rotatable bonds is 5. The smallest absolute Gasteiger partial charge is 0.0546 e. The van der Waals surface area contributed by atoms with Crippen LogP contribution in [0.5, 0.6) is 0 Å². The fourth-order valence-electron chi connectivity index (χ4n) is 1.52. The van der Waals surface area contributed by atoms with Crippen molar-refractivity contribution >= 4 is 0 Å². The number of hydrogen-bond acceptors (Lipinski definition) is 2. The van der Waals surface area contributed by atoms with E-state index in [1.807, 2.05) is 18.2 Å². The monoisotopic (exact) mass is 193 g/mol. The van der Waals surface area contributed by atoms with Gasteiger partial charge in [0.15, 0.2) is 0 Å². The first-order chi connectivity index (χ1) is 6.68. The first-order valence-electron chi connectivity index (χ1n) is 5.26. The molecule has 0 aliphatic heterocycles. The summed E-state index contributed by atoms with van der Waals surface area (Å²) in [6.45, 7) is 4.26. The molecule has 0 fully saturated rings. The van der Waals surface area contributed by atoms with Crippen molar-refractivity contribution in [2.75, 3.05) is 0 Å². The zero-order chi connectivity index (χ0) is 10.4. The van der Waals surface area contributed by atoms with Crippen LogP contribution in [0.25, 0.3) is 0 Å². The highest BCUT2D eigenvalue weighted by atomic mass is 16.3. The van der Waals surface area contributed by atoms with E-state index >= 15 is 0 Å². The molecule has 2 nitrogen and oxygen atoms in total. The summed E-state index contributed by atoms with van der Waals surface area (Å²) in [5.74, 6) is 0.564. The van der Waals surface area contributed by atoms with Crippen LogP contribution in [0, 0.1) is 5.92 Å². The Balaban J connectivity index is 2.27. The van der Waals surface area contributed by atoms with Crippen LogP contribution in [0.1, 0.15) is 32.4 Å². The van der Waals surface area contributed by atoms with Crippen molar-refractivity contribution in [2.45, 2.75) is 39.2 Å². The lowest BCUT2D eigenvalue weighted by Gasteiger charge is -2.12. The average Bonchev–Trinajstić information content (AvgIpc) is 2.15. The van der Waals surface area contributed by atoms with Crippen molar-refractivity contribution in [3.8, 4) is 0 Å². The minimum absolute atomic E-state index is 0.183. The summed E-state index contributed by atoms with van der Waals surface area (Å²) in [5.41, 5.74) is 1.07. The van der Waals surface area contributed by atoms with Crippen molar-refractivity contribution in [2.24, 2.45) is 5.92 Å². The van der Waals surface area contributed by atoms with Gasteiger partial charge >= 0.3 is 0 Å². The standard InChI is InChI=1S/C12H19NO/c1-10(2)9-12(14)7-6-11-5-3-4-8-13-11/h3-5,8,10,12,14H,6-7,9H2,1-2H3. The molecule has 0 aromatic carbocycles. The van der Waals surface area contributed by atoms with Gasteiger partial charge in [0.05, 0.1) is 6.10 Å². The third-order valence-corrected chi connectivity index (χ3v) is 2.20. The summed E-state index contributed by atoms with van der Waals surface area (Å²) in [5, 5.41) is 9.65. The Bertz CT molecular complexity index is 246. The SMILES string of the molecule is CC(C)CC(O)CCc1ccccn1. The van der Waals surface area contributed by atoms with Gasteiger partial charge < -0.3 is 5.11 Å². The highest BCUT2D eigenvalue weighted by molar-refractivity contribution is 5.03. The number of aliphatic hydroxyl groups excluding tert-OH is 1. The Labute approximate surface area is 86.0 Å². The zero-order valence-corrected chi connectivity index (χ0v) is 8.98. The first kappa shape index (κ1) is 11.2. The fourth-order valence-corrected chi connectivity index (χ4v) is 1.52. The van der Waals surface area contributed by atoms with E-state index in [0.29, 0.717) is 5.92 Å². The maximum atomic E-state index is 9.65. The number of aromatic nitrogens is 1. The second-order valence-electron chi connectivity index (χ2n) is 4.14. The van der Waals surface area contributed by atoms with Crippen molar-refractivity contribution in [3.05, 3.63) is 30.1 Å². The van der Waals surface area contributed by atoms with Gasteiger partial charge in [0.2, 0.25) is 0 Å². The van der Waals surface area contributed by atoms with Crippen LogP contribution in [0.3, 0.4) is 0 Å². The summed E-state index contributed by atoms with van der Waals surface area (Å²) in [6.07, 6.45) is 4.18. The summed E-state index contributed by atoms with van der Waals surface area (Å²) < 4.78 is 0. The van der Waals surface area contributed by atoms with Gasteiger partial charge in [-0.15, -0.1) is 0 Å². The van der Waals surface area contributed by atoms with E-state index in [1.54, 1.807) is 6.20 Å². The maximum Gasteiger partial charge on any atom is 0.0546 e. The number of hydrogen-bond donors (Lipinski definition) is 1. The van der Waals surface area contributed by atoms with E-state index in [-0.39, 0.29) is 6.10 Å². The highest BCUT2D eigenvalue weighted by Gasteiger charge is 2.06. The van der Waals surface area contributed by atoms with E-state index in [1.165, 1.54) is 0 Å². The van der Waals surface area contributed by atoms with Gasteiger partial charge in [0.25, 0.3) is 0 Å². The molecule has 78 valence electrons. The molecule has 0 spiro atoms. The van der Waals surface area contributed by atoms with Gasteiger partial charge in [-0.1, -0.05) is 19.9 Å². The predicted molar refractivity (Wildman–Crippen MR) is 58.0 cm³/mol. The number of nitrogens with zero attached hydrogens (tertiary/aromatic N) is 1. The van der Waals surface area contributed by atoms with Gasteiger partial charge in [-0.05, 0) is 37.3 Å². The molecule has 1 aromatic heterocycles. The zero-order valence-electron chi connectivity index (χ0n) is 8.98. The summed E-state index contributed by atoms with van der Waals surface area (Å²) in [6, 6.07) is 5.90. The van der Waals surface area contributed by atoms with E-state index in [0.717, 1.165) is 25.0 Å². The molecule has 14 heavy (non-hydrogen) atoms. The van der Waals surface area contributed by atoms with Crippen LogP contribution in [0.15, 0.2) is 24.4 Å². The van der Waals surface area contributed by atoms with E-state index in [9.17, 15) is 5.11 Å². The molecule has 1 unspecified atom stereocenters. The third-order valence-electron chi connectivity index (χ3n) is 2.20. The topological polar surface area (TPSA) is 33.1 Å². The molecular weight excluding hydrogens is 174 g/mol. The number of pyridine rings is 1. The molecule has 1 aromatic rings. The molecule has 2 heteroatoms. The van der Waals surface area contributed by atoms with Gasteiger partial charge in [-0.25, -0.2) is 0 Å². The lowest BCUT2D eigenvalue weighted by Crippen LogP contribution is -2.11. The second kappa shape index (κ2) is 5.76. The molecule has 0 aliphatic rings. The van der Waals surface area contributed by atoms with E-state index in [4.69, 9.17) is 0 Å². The predicted octanol–water partition coefficient (Wildman–Crippen LogP) is 2.42. The summed E-state index contributed by atoms with van der Waals surface area (Å²) in [4.78, 5) is 4.22. The molecule has 0 aliphatic carbocycles. The van der Waals surface area contributed by atoms with Crippen LogP contribution in [0.2, 0.25) is 0 Å². The highest BCUT2D eigenvalue weighted by Crippen LogP contribution is 2.10. The van der Waals surface area contributed by atoms with E-state index < -0.39 is 0 Å². The van der Waals surface area contributed by atoms with Gasteiger partial charge in [-0.2, -0.15) is 0 Å². The van der Waals surface area contributed by atoms with Gasteiger partial charge in [0, 0.05) is 11.9 Å². The van der Waals surface area contributed by atoms with Crippen LogP contribution < -0.4 is 0 Å². The van der Waals surface area contributed by atoms with Gasteiger partial charge in [0.1, 0.15) is 0 Å². The average molecular weight is 193 g/mol. The Kier molecular flexibility index (Phi) is 4.60. The molecule has 0 radical (unpaired) electrons. The van der Waals surface area contributed by atoms with Crippen LogP contribution >= 0.6 is 0 Å². The summed E-state index contributed by atoms with van der Waals surface area (Å²) in [7, 11) is 0. The maximum absolute atomic E-state index is 9.65. The lowest BCUT2D eigenvalue weighted by molar-refractivity contribution is 0.139. The van der Waals surface area contributed by atoms with Crippen molar-refractivity contribution in [3.63, 3.8) is 0 Å². The molecule has 1 atom stereocenters. The second-order valence-corrected chi connectivity index (χ2v) is 4.14. The van der Waals surface area contributed by atoms with E-state index in [2.05, 4.69) is 18.8 Å². The summed E-state index contributed by atoms with van der Waals surface area (Å²) >= 11 is 0. The molecule has 1 N–H and O–H groups in total. The third kappa shape index (κ3) is 4.38. The van der Waals surface area contributed by atoms with Crippen LogP contribution in [-0.2, 0) is 6.42 Å². The van der Waals surface area contributed by atoms with Crippen molar-refractivity contribution in [1.82, 2.24) is 4.98 Å². The molecule has 0 amide bonds. The molecule has 0 saturated carbocycles. The van der Waals surface area contributed by atoms with Crippen molar-refractivity contribution in [1.29, 1.82) is 0 Å². The molecule has 0 saturated heterocycles. The van der Waals surface area contributed by atoms with Crippen molar-refractivity contribution < 1.29 is 5.11 Å². The Morgan fingerprint density at radius 3 is 2.71 bits per heavy atom. The number of aryl methyl sites for hydroxylation is 1.